The Morgan fingerprint density at radius 3 is 2.18 bits per heavy atom. The minimum atomic E-state index is 1.01. The number of hydrogen-bond donors (Lipinski definition) is 0. The van der Waals surface area contributed by atoms with Gasteiger partial charge in [0.15, 0.2) is 0 Å². The van der Waals surface area contributed by atoms with E-state index < -0.39 is 0 Å². The molecule has 1 aliphatic heterocycles. The van der Waals surface area contributed by atoms with E-state index >= 15 is 0 Å². The molecule has 0 aromatic rings. The largest absolute Gasteiger partial charge is 0.306 e. The van der Waals surface area contributed by atoms with Crippen LogP contribution in [-0.2, 0) is 0 Å². The van der Waals surface area contributed by atoms with Crippen LogP contribution in [0.4, 0.5) is 0 Å². The molecular formula is C10H19N. The molecule has 0 radical (unpaired) electrons. The van der Waals surface area contributed by atoms with Crippen LogP contribution in [0, 0.1) is 17.8 Å². The van der Waals surface area contributed by atoms with Gasteiger partial charge in [-0.25, -0.2) is 0 Å². The molecule has 1 heteroatoms. The number of hydrogen-bond acceptors (Lipinski definition) is 1. The van der Waals surface area contributed by atoms with Gasteiger partial charge in [0.05, 0.1) is 0 Å². The van der Waals surface area contributed by atoms with E-state index in [1.54, 1.807) is 0 Å². The first-order chi connectivity index (χ1) is 5.27. The topological polar surface area (TPSA) is 3.24 Å². The van der Waals surface area contributed by atoms with Gasteiger partial charge in [-0.3, -0.25) is 0 Å². The summed E-state index contributed by atoms with van der Waals surface area (Å²) >= 11 is 0. The van der Waals surface area contributed by atoms with Gasteiger partial charge < -0.3 is 4.90 Å². The molecule has 1 unspecified atom stereocenters. The predicted molar refractivity (Wildman–Crippen MR) is 47.5 cm³/mol. The third-order valence-electron chi connectivity index (χ3n) is 3.73. The fraction of sp³-hybridized carbons (Fsp3) is 1.00. The third-order valence-corrected chi connectivity index (χ3v) is 3.73. The van der Waals surface area contributed by atoms with Crippen LogP contribution in [-0.4, -0.2) is 25.0 Å². The Morgan fingerprint density at radius 1 is 1.09 bits per heavy atom. The summed E-state index contributed by atoms with van der Waals surface area (Å²) in [6.07, 6.45) is 4.47. The SMILES string of the molecule is CC1[C@@H]2CCC[C@H]1CN(C)C2. The van der Waals surface area contributed by atoms with Crippen molar-refractivity contribution in [2.24, 2.45) is 17.8 Å². The van der Waals surface area contributed by atoms with Gasteiger partial charge >= 0.3 is 0 Å². The quantitative estimate of drug-likeness (QED) is 0.514. The molecular weight excluding hydrogens is 134 g/mol. The van der Waals surface area contributed by atoms with Crippen molar-refractivity contribution in [2.45, 2.75) is 26.2 Å². The van der Waals surface area contributed by atoms with Crippen molar-refractivity contribution >= 4 is 0 Å². The van der Waals surface area contributed by atoms with Crippen molar-refractivity contribution < 1.29 is 0 Å². The second kappa shape index (κ2) is 2.78. The maximum Gasteiger partial charge on any atom is 0.000938 e. The number of fused-ring (bicyclic) bond motifs is 2. The highest BCUT2D eigenvalue weighted by atomic mass is 15.1. The lowest BCUT2D eigenvalue weighted by Gasteiger charge is -2.44. The van der Waals surface area contributed by atoms with Crippen molar-refractivity contribution in [3.05, 3.63) is 0 Å². The zero-order valence-electron chi connectivity index (χ0n) is 7.71. The van der Waals surface area contributed by atoms with Crippen LogP contribution >= 0.6 is 0 Å². The Morgan fingerprint density at radius 2 is 1.64 bits per heavy atom. The van der Waals surface area contributed by atoms with E-state index in [9.17, 15) is 0 Å². The summed E-state index contributed by atoms with van der Waals surface area (Å²) in [6, 6.07) is 0. The molecule has 11 heavy (non-hydrogen) atoms. The summed E-state index contributed by atoms with van der Waals surface area (Å²) < 4.78 is 0. The molecule has 3 atom stereocenters. The fourth-order valence-corrected chi connectivity index (χ4v) is 2.94. The molecule has 2 bridgehead atoms. The Balaban J connectivity index is 2.07. The average molecular weight is 153 g/mol. The van der Waals surface area contributed by atoms with Gasteiger partial charge in [-0.2, -0.15) is 0 Å². The van der Waals surface area contributed by atoms with Crippen LogP contribution in [0.5, 0.6) is 0 Å². The smallest absolute Gasteiger partial charge is 0.000938 e. The first kappa shape index (κ1) is 7.60. The predicted octanol–water partition coefficient (Wildman–Crippen LogP) is 1.98. The molecule has 64 valence electrons. The Bertz CT molecular complexity index is 130. The molecule has 1 aliphatic carbocycles. The van der Waals surface area contributed by atoms with Gasteiger partial charge in [0.25, 0.3) is 0 Å². The molecule has 1 heterocycles. The first-order valence-electron chi connectivity index (χ1n) is 4.96. The molecule has 1 saturated carbocycles. The average Bonchev–Trinajstić information content (AvgIpc) is 1.92. The summed E-state index contributed by atoms with van der Waals surface area (Å²) in [5.74, 6) is 3.06. The van der Waals surface area contributed by atoms with E-state index in [0.717, 1.165) is 17.8 Å². The normalized spacial score (nSPS) is 45.8. The van der Waals surface area contributed by atoms with Crippen molar-refractivity contribution in [1.82, 2.24) is 4.90 Å². The number of nitrogens with zero attached hydrogens (tertiary/aromatic N) is 1. The van der Waals surface area contributed by atoms with Crippen molar-refractivity contribution in [3.8, 4) is 0 Å². The van der Waals surface area contributed by atoms with E-state index in [1.807, 2.05) is 0 Å². The fourth-order valence-electron chi connectivity index (χ4n) is 2.94. The van der Waals surface area contributed by atoms with Gasteiger partial charge in [0, 0.05) is 13.1 Å². The van der Waals surface area contributed by atoms with Crippen LogP contribution in [0.2, 0.25) is 0 Å². The molecule has 0 amide bonds. The third kappa shape index (κ3) is 1.31. The van der Waals surface area contributed by atoms with Crippen molar-refractivity contribution in [3.63, 3.8) is 0 Å². The van der Waals surface area contributed by atoms with Crippen LogP contribution in [0.25, 0.3) is 0 Å². The summed E-state index contributed by atoms with van der Waals surface area (Å²) in [4.78, 5) is 2.52. The maximum absolute atomic E-state index is 2.52. The highest BCUT2D eigenvalue weighted by molar-refractivity contribution is 4.86. The van der Waals surface area contributed by atoms with Crippen LogP contribution in [0.15, 0.2) is 0 Å². The van der Waals surface area contributed by atoms with Crippen LogP contribution in [0.3, 0.4) is 0 Å². The summed E-state index contributed by atoms with van der Waals surface area (Å²) in [7, 11) is 2.28. The lowest BCUT2D eigenvalue weighted by Crippen LogP contribution is -2.45. The number of piperidine rings is 1. The molecule has 0 aromatic heterocycles. The van der Waals surface area contributed by atoms with Gasteiger partial charge in [-0.05, 0) is 37.6 Å². The van der Waals surface area contributed by atoms with Gasteiger partial charge in [-0.1, -0.05) is 13.3 Å². The standard InChI is InChI=1S/C10H19N/c1-8-9-4-3-5-10(8)7-11(2)6-9/h8-10H,3-7H2,1-2H3/t8?,9-,10+. The number of rotatable bonds is 0. The van der Waals surface area contributed by atoms with E-state index in [1.165, 1.54) is 32.4 Å². The molecule has 0 spiro atoms. The zero-order valence-corrected chi connectivity index (χ0v) is 7.71. The molecule has 2 fully saturated rings. The van der Waals surface area contributed by atoms with Gasteiger partial charge in [0.1, 0.15) is 0 Å². The molecule has 0 N–H and O–H groups in total. The van der Waals surface area contributed by atoms with Crippen LogP contribution in [0.1, 0.15) is 26.2 Å². The molecule has 1 nitrogen and oxygen atoms in total. The van der Waals surface area contributed by atoms with E-state index in [0.29, 0.717) is 0 Å². The van der Waals surface area contributed by atoms with E-state index in [2.05, 4.69) is 18.9 Å². The molecule has 2 aliphatic rings. The second-order valence-electron chi connectivity index (χ2n) is 4.53. The van der Waals surface area contributed by atoms with Crippen LogP contribution < -0.4 is 0 Å². The highest BCUT2D eigenvalue weighted by Gasteiger charge is 2.34. The zero-order chi connectivity index (χ0) is 7.84. The Labute approximate surface area is 69.8 Å². The lowest BCUT2D eigenvalue weighted by molar-refractivity contribution is 0.0474. The summed E-state index contributed by atoms with van der Waals surface area (Å²) in [6.45, 7) is 5.18. The number of likely N-dealkylation sites (tertiary alicyclic amines) is 1. The maximum atomic E-state index is 2.52. The monoisotopic (exact) mass is 153 g/mol. The molecule has 0 aromatic carbocycles. The molecule has 1 saturated heterocycles. The minimum absolute atomic E-state index is 1.01. The lowest BCUT2D eigenvalue weighted by atomic mass is 9.70. The molecule has 2 rings (SSSR count). The second-order valence-corrected chi connectivity index (χ2v) is 4.53. The Kier molecular flexibility index (Phi) is 1.92. The van der Waals surface area contributed by atoms with Crippen molar-refractivity contribution in [1.29, 1.82) is 0 Å². The van der Waals surface area contributed by atoms with Crippen molar-refractivity contribution in [2.75, 3.05) is 20.1 Å². The minimum Gasteiger partial charge on any atom is -0.306 e. The summed E-state index contributed by atoms with van der Waals surface area (Å²) in [5, 5.41) is 0. The van der Waals surface area contributed by atoms with Gasteiger partial charge in [0.2, 0.25) is 0 Å². The first-order valence-corrected chi connectivity index (χ1v) is 4.96. The Hall–Kier alpha value is -0.0400. The summed E-state index contributed by atoms with van der Waals surface area (Å²) in [5.41, 5.74) is 0. The highest BCUT2D eigenvalue weighted by Crippen LogP contribution is 2.38. The van der Waals surface area contributed by atoms with E-state index in [-0.39, 0.29) is 0 Å². The van der Waals surface area contributed by atoms with Gasteiger partial charge in [-0.15, -0.1) is 0 Å². The van der Waals surface area contributed by atoms with E-state index in [4.69, 9.17) is 0 Å².